The van der Waals surface area contributed by atoms with Crippen molar-refractivity contribution >= 4 is 17.8 Å². The number of H-pyrrole nitrogens is 1. The molecule has 82 valence electrons. The summed E-state index contributed by atoms with van der Waals surface area (Å²) in [6, 6.07) is 0. The van der Waals surface area contributed by atoms with Crippen molar-refractivity contribution in [1.82, 2.24) is 9.97 Å². The zero-order valence-electron chi connectivity index (χ0n) is 7.85. The van der Waals surface area contributed by atoms with E-state index in [1.165, 1.54) is 6.33 Å². The van der Waals surface area contributed by atoms with E-state index in [1.54, 1.807) is 0 Å². The van der Waals surface area contributed by atoms with E-state index in [-0.39, 0.29) is 11.4 Å². The normalized spacial score (nSPS) is 8.60. The van der Waals surface area contributed by atoms with E-state index in [2.05, 4.69) is 9.97 Å². The Hall–Kier alpha value is -2.38. The topological polar surface area (TPSA) is 152 Å². The number of aromatic amines is 1. The summed E-state index contributed by atoms with van der Waals surface area (Å²) in [5.41, 5.74) is 9.56. The van der Waals surface area contributed by atoms with Crippen LogP contribution in [0, 0.1) is 0 Å². The molecule has 0 saturated carbocycles. The Labute approximate surface area is 84.3 Å². The molecule has 0 aliphatic heterocycles. The van der Waals surface area contributed by atoms with Gasteiger partial charge in [-0.15, -0.1) is 0 Å². The highest BCUT2D eigenvalue weighted by Crippen LogP contribution is 1.99. The minimum Gasteiger partial charge on any atom is -0.481 e. The molecule has 0 spiro atoms. The summed E-state index contributed by atoms with van der Waals surface area (Å²) in [4.78, 5) is 36.0. The van der Waals surface area contributed by atoms with Gasteiger partial charge in [0.15, 0.2) is 5.69 Å². The number of primary amides is 2. The molecule has 0 fully saturated rings. The molecule has 0 aliphatic carbocycles. The van der Waals surface area contributed by atoms with Gasteiger partial charge in [-0.05, 0) is 0 Å². The Morgan fingerprint density at radius 3 is 2.07 bits per heavy atom. The van der Waals surface area contributed by atoms with Crippen molar-refractivity contribution < 1.29 is 19.5 Å². The molecule has 2 amide bonds. The zero-order valence-corrected chi connectivity index (χ0v) is 7.85. The molecule has 15 heavy (non-hydrogen) atoms. The van der Waals surface area contributed by atoms with Crippen molar-refractivity contribution in [3.8, 4) is 0 Å². The molecule has 0 aliphatic rings. The van der Waals surface area contributed by atoms with E-state index < -0.39 is 17.8 Å². The first-order valence-corrected chi connectivity index (χ1v) is 3.68. The fraction of sp³-hybridized carbons (Fsp3) is 0.143. The number of hydrogen-bond acceptors (Lipinski definition) is 4. The van der Waals surface area contributed by atoms with Gasteiger partial charge < -0.3 is 21.6 Å². The maximum atomic E-state index is 10.5. The second-order valence-corrected chi connectivity index (χ2v) is 2.37. The molecule has 0 unspecified atom stereocenters. The van der Waals surface area contributed by atoms with Crippen molar-refractivity contribution in [2.24, 2.45) is 11.5 Å². The van der Waals surface area contributed by atoms with Crippen LogP contribution in [0.1, 0.15) is 27.9 Å². The smallest absolute Gasteiger partial charge is 0.300 e. The molecule has 0 atom stereocenters. The molecular weight excluding hydrogens is 204 g/mol. The van der Waals surface area contributed by atoms with Crippen LogP contribution in [0.5, 0.6) is 0 Å². The number of carbonyl (C=O) groups is 3. The number of carboxylic acid groups (broad SMARTS) is 1. The third-order valence-corrected chi connectivity index (χ3v) is 1.12. The summed E-state index contributed by atoms with van der Waals surface area (Å²) in [7, 11) is 0. The van der Waals surface area contributed by atoms with E-state index in [1.807, 2.05) is 0 Å². The number of nitrogens with two attached hydrogens (primary N) is 2. The fourth-order valence-electron chi connectivity index (χ4n) is 0.669. The van der Waals surface area contributed by atoms with Crippen LogP contribution >= 0.6 is 0 Å². The van der Waals surface area contributed by atoms with Crippen LogP contribution in [-0.2, 0) is 4.79 Å². The molecule has 0 saturated heterocycles. The second-order valence-electron chi connectivity index (χ2n) is 2.37. The molecule has 1 heterocycles. The molecule has 8 nitrogen and oxygen atoms in total. The van der Waals surface area contributed by atoms with Crippen molar-refractivity contribution in [1.29, 1.82) is 0 Å². The van der Waals surface area contributed by atoms with Crippen molar-refractivity contribution in [2.75, 3.05) is 0 Å². The van der Waals surface area contributed by atoms with Gasteiger partial charge in [0, 0.05) is 6.92 Å². The Kier molecular flexibility index (Phi) is 4.52. The summed E-state index contributed by atoms with van der Waals surface area (Å²) in [5, 5.41) is 7.42. The number of aromatic nitrogens is 2. The lowest BCUT2D eigenvalue weighted by Gasteiger charge is -1.90. The molecular formula is C7H10N4O4. The van der Waals surface area contributed by atoms with Crippen LogP contribution in [-0.4, -0.2) is 32.9 Å². The summed E-state index contributed by atoms with van der Waals surface area (Å²) >= 11 is 0. The number of nitrogens with one attached hydrogen (secondary N) is 1. The highest BCUT2D eigenvalue weighted by Gasteiger charge is 2.14. The number of rotatable bonds is 2. The monoisotopic (exact) mass is 214 g/mol. The van der Waals surface area contributed by atoms with Gasteiger partial charge in [-0.25, -0.2) is 4.98 Å². The predicted molar refractivity (Wildman–Crippen MR) is 48.9 cm³/mol. The van der Waals surface area contributed by atoms with Crippen LogP contribution in [0.3, 0.4) is 0 Å². The number of aliphatic carboxylic acids is 1. The van der Waals surface area contributed by atoms with E-state index in [0.717, 1.165) is 6.92 Å². The zero-order chi connectivity index (χ0) is 12.0. The van der Waals surface area contributed by atoms with Gasteiger partial charge in [-0.3, -0.25) is 14.4 Å². The molecule has 8 heteroatoms. The average molecular weight is 214 g/mol. The average Bonchev–Trinajstić information content (AvgIpc) is 2.49. The third-order valence-electron chi connectivity index (χ3n) is 1.12. The summed E-state index contributed by atoms with van der Waals surface area (Å²) < 4.78 is 0. The minimum atomic E-state index is -0.833. The van der Waals surface area contributed by atoms with E-state index >= 15 is 0 Å². The SMILES string of the molecule is CC(=O)O.NC(=O)c1nc[nH]c1C(N)=O. The fourth-order valence-corrected chi connectivity index (χ4v) is 0.669. The van der Waals surface area contributed by atoms with Crippen LogP contribution in [0.15, 0.2) is 6.33 Å². The Morgan fingerprint density at radius 1 is 1.33 bits per heavy atom. The maximum Gasteiger partial charge on any atom is 0.300 e. The molecule has 0 aromatic carbocycles. The van der Waals surface area contributed by atoms with Crippen LogP contribution in [0.25, 0.3) is 0 Å². The number of amides is 2. The number of carbonyl (C=O) groups excluding carboxylic acids is 2. The van der Waals surface area contributed by atoms with Gasteiger partial charge in [-0.2, -0.15) is 0 Å². The number of imidazole rings is 1. The molecule has 0 radical (unpaired) electrons. The lowest BCUT2D eigenvalue weighted by atomic mass is 10.3. The molecule has 1 aromatic heterocycles. The lowest BCUT2D eigenvalue weighted by Crippen LogP contribution is -2.20. The van der Waals surface area contributed by atoms with Crippen LogP contribution in [0.4, 0.5) is 0 Å². The first-order chi connectivity index (χ1) is 6.86. The Bertz CT molecular complexity index is 352. The minimum absolute atomic E-state index is 0.0579. The Balaban J connectivity index is 0.000000423. The Morgan fingerprint density at radius 2 is 1.80 bits per heavy atom. The predicted octanol–water partition coefficient (Wildman–Crippen LogP) is -1.30. The van der Waals surface area contributed by atoms with Gasteiger partial charge >= 0.3 is 0 Å². The van der Waals surface area contributed by atoms with Gasteiger partial charge in [0.05, 0.1) is 6.33 Å². The van der Waals surface area contributed by atoms with E-state index in [0.29, 0.717) is 0 Å². The second kappa shape index (κ2) is 5.37. The van der Waals surface area contributed by atoms with Gasteiger partial charge in [-0.1, -0.05) is 0 Å². The molecule has 0 bridgehead atoms. The molecule has 1 aromatic rings. The van der Waals surface area contributed by atoms with Gasteiger partial charge in [0.25, 0.3) is 17.8 Å². The highest BCUT2D eigenvalue weighted by molar-refractivity contribution is 6.03. The molecule has 6 N–H and O–H groups in total. The first kappa shape index (κ1) is 12.6. The summed E-state index contributed by atoms with van der Waals surface area (Å²) in [5.74, 6) is -2.36. The largest absolute Gasteiger partial charge is 0.481 e. The lowest BCUT2D eigenvalue weighted by molar-refractivity contribution is -0.134. The maximum absolute atomic E-state index is 10.5. The first-order valence-electron chi connectivity index (χ1n) is 3.68. The quantitative estimate of drug-likeness (QED) is 0.482. The standard InChI is InChI=1S/C5H6N4O2.C2H4O2/c6-4(10)2-3(5(7)11)9-1-8-2;1-2(3)4/h1H,(H2,6,10)(H2,7,11)(H,8,9);1H3,(H,3,4). The van der Waals surface area contributed by atoms with E-state index in [9.17, 15) is 9.59 Å². The summed E-state index contributed by atoms with van der Waals surface area (Å²) in [6.45, 7) is 1.08. The van der Waals surface area contributed by atoms with Gasteiger partial charge in [0.1, 0.15) is 5.69 Å². The third kappa shape index (κ3) is 4.41. The van der Waals surface area contributed by atoms with Crippen LogP contribution < -0.4 is 11.5 Å². The van der Waals surface area contributed by atoms with E-state index in [4.69, 9.17) is 21.4 Å². The van der Waals surface area contributed by atoms with Crippen molar-refractivity contribution in [3.05, 3.63) is 17.7 Å². The number of nitrogens with zero attached hydrogens (tertiary/aromatic N) is 1. The number of carboxylic acids is 1. The van der Waals surface area contributed by atoms with Crippen molar-refractivity contribution in [2.45, 2.75) is 6.92 Å². The van der Waals surface area contributed by atoms with Gasteiger partial charge in [0.2, 0.25) is 0 Å². The number of hydrogen-bond donors (Lipinski definition) is 4. The summed E-state index contributed by atoms with van der Waals surface area (Å²) in [6.07, 6.45) is 1.18. The molecule has 1 rings (SSSR count). The van der Waals surface area contributed by atoms with Crippen molar-refractivity contribution in [3.63, 3.8) is 0 Å². The van der Waals surface area contributed by atoms with Crippen LogP contribution in [0.2, 0.25) is 0 Å². The highest BCUT2D eigenvalue weighted by atomic mass is 16.4.